The van der Waals surface area contributed by atoms with Gasteiger partial charge in [0.05, 0.1) is 11.0 Å². The fraction of sp³-hybridized carbons (Fsp3) is 0.267. The van der Waals surface area contributed by atoms with Crippen molar-refractivity contribution in [3.63, 3.8) is 0 Å². The van der Waals surface area contributed by atoms with Gasteiger partial charge in [0.2, 0.25) is 0 Å². The molecule has 2 aromatic rings. The van der Waals surface area contributed by atoms with E-state index in [0.717, 1.165) is 0 Å². The summed E-state index contributed by atoms with van der Waals surface area (Å²) in [5.41, 5.74) is 0.686. The lowest BCUT2D eigenvalue weighted by Crippen LogP contribution is -2.27. The van der Waals surface area contributed by atoms with Crippen LogP contribution in [0.3, 0.4) is 0 Å². The van der Waals surface area contributed by atoms with Crippen LogP contribution in [0.5, 0.6) is 11.5 Å². The van der Waals surface area contributed by atoms with Gasteiger partial charge >= 0.3 is 0 Å². The number of hydrogen-bond acceptors (Lipinski definition) is 5. The molecule has 0 saturated heterocycles. The van der Waals surface area contributed by atoms with Gasteiger partial charge in [0.15, 0.2) is 11.5 Å². The van der Waals surface area contributed by atoms with E-state index in [2.05, 4.69) is 5.32 Å². The first-order chi connectivity index (χ1) is 10.2. The molecule has 2 heterocycles. The summed E-state index contributed by atoms with van der Waals surface area (Å²) in [6.07, 6.45) is -0.787. The molecule has 0 aliphatic carbocycles. The SMILES string of the molecule is O=C(NC[C@@H](O)c1ccc2c(c1)OCCO2)c1cccs1. The Bertz CT molecular complexity index is 627. The van der Waals surface area contributed by atoms with Gasteiger partial charge in [-0.3, -0.25) is 4.79 Å². The van der Waals surface area contributed by atoms with Crippen molar-refractivity contribution in [3.05, 3.63) is 46.2 Å². The first-order valence-corrected chi connectivity index (χ1v) is 7.51. The molecule has 3 rings (SSSR count). The van der Waals surface area contributed by atoms with Gasteiger partial charge < -0.3 is 19.9 Å². The number of aliphatic hydroxyl groups is 1. The smallest absolute Gasteiger partial charge is 0.261 e. The van der Waals surface area contributed by atoms with Crippen molar-refractivity contribution in [3.8, 4) is 11.5 Å². The van der Waals surface area contributed by atoms with Crippen molar-refractivity contribution < 1.29 is 19.4 Å². The Kier molecular flexibility index (Phi) is 4.08. The summed E-state index contributed by atoms with van der Waals surface area (Å²) < 4.78 is 10.9. The van der Waals surface area contributed by atoms with E-state index >= 15 is 0 Å². The predicted octanol–water partition coefficient (Wildman–Crippen LogP) is 1.98. The van der Waals surface area contributed by atoms with Gasteiger partial charge in [-0.05, 0) is 29.1 Å². The summed E-state index contributed by atoms with van der Waals surface area (Å²) in [5.74, 6) is 1.13. The van der Waals surface area contributed by atoms with Gasteiger partial charge in [0, 0.05) is 6.54 Å². The molecule has 1 aliphatic heterocycles. The second-order valence-corrected chi connectivity index (χ2v) is 5.55. The average molecular weight is 305 g/mol. The quantitative estimate of drug-likeness (QED) is 0.906. The van der Waals surface area contributed by atoms with E-state index in [-0.39, 0.29) is 12.5 Å². The fourth-order valence-electron chi connectivity index (χ4n) is 2.07. The number of ether oxygens (including phenoxy) is 2. The summed E-state index contributed by atoms with van der Waals surface area (Å²) in [6.45, 7) is 1.18. The summed E-state index contributed by atoms with van der Waals surface area (Å²) in [4.78, 5) is 12.4. The molecule has 110 valence electrons. The molecule has 5 nitrogen and oxygen atoms in total. The predicted molar refractivity (Wildman–Crippen MR) is 79.0 cm³/mol. The zero-order valence-electron chi connectivity index (χ0n) is 11.2. The Balaban J connectivity index is 1.62. The van der Waals surface area contributed by atoms with Crippen LogP contribution in [0.2, 0.25) is 0 Å². The van der Waals surface area contributed by atoms with Crippen LogP contribution in [0.15, 0.2) is 35.7 Å². The Hall–Kier alpha value is -2.05. The number of benzene rings is 1. The van der Waals surface area contributed by atoms with Gasteiger partial charge in [-0.25, -0.2) is 0 Å². The van der Waals surface area contributed by atoms with Crippen LogP contribution in [-0.2, 0) is 0 Å². The van der Waals surface area contributed by atoms with Crippen molar-refractivity contribution in [1.29, 1.82) is 0 Å². The maximum absolute atomic E-state index is 11.8. The zero-order valence-corrected chi connectivity index (χ0v) is 12.1. The molecular formula is C15H15NO4S. The molecule has 1 aromatic carbocycles. The second kappa shape index (κ2) is 6.15. The normalized spacial score (nSPS) is 14.5. The minimum Gasteiger partial charge on any atom is -0.486 e. The molecule has 1 aliphatic rings. The van der Waals surface area contributed by atoms with Crippen LogP contribution in [-0.4, -0.2) is 30.8 Å². The largest absolute Gasteiger partial charge is 0.486 e. The van der Waals surface area contributed by atoms with Gasteiger partial charge in [0.25, 0.3) is 5.91 Å². The number of hydrogen-bond donors (Lipinski definition) is 2. The third-order valence-electron chi connectivity index (χ3n) is 3.15. The molecule has 2 N–H and O–H groups in total. The molecule has 0 spiro atoms. The maximum atomic E-state index is 11.8. The third-order valence-corrected chi connectivity index (χ3v) is 4.02. The molecule has 0 saturated carbocycles. The van der Waals surface area contributed by atoms with Gasteiger partial charge in [-0.1, -0.05) is 12.1 Å². The van der Waals surface area contributed by atoms with E-state index in [0.29, 0.717) is 35.2 Å². The molecule has 0 fully saturated rings. The standard InChI is InChI=1S/C15H15NO4S/c17-11(9-16-15(18)14-2-1-7-21-14)10-3-4-12-13(8-10)20-6-5-19-12/h1-4,7-8,11,17H,5-6,9H2,(H,16,18)/t11-/m1/s1. The highest BCUT2D eigenvalue weighted by Crippen LogP contribution is 2.32. The Morgan fingerprint density at radius 2 is 2.10 bits per heavy atom. The van der Waals surface area contributed by atoms with Crippen molar-refractivity contribution >= 4 is 17.2 Å². The number of carbonyl (C=O) groups excluding carboxylic acids is 1. The van der Waals surface area contributed by atoms with Gasteiger partial charge in [-0.15, -0.1) is 11.3 Å². The van der Waals surface area contributed by atoms with E-state index < -0.39 is 6.10 Å². The minimum atomic E-state index is -0.787. The zero-order chi connectivity index (χ0) is 14.7. The molecule has 21 heavy (non-hydrogen) atoms. The van der Waals surface area contributed by atoms with Crippen LogP contribution in [0.4, 0.5) is 0 Å². The summed E-state index contributed by atoms with van der Waals surface area (Å²) >= 11 is 1.37. The minimum absolute atomic E-state index is 0.149. The monoisotopic (exact) mass is 305 g/mol. The molecule has 1 aromatic heterocycles. The lowest BCUT2D eigenvalue weighted by Gasteiger charge is -2.20. The molecule has 0 bridgehead atoms. The highest BCUT2D eigenvalue weighted by Gasteiger charge is 2.16. The molecule has 1 amide bonds. The first kappa shape index (κ1) is 13.9. The fourth-order valence-corrected chi connectivity index (χ4v) is 2.71. The number of carbonyl (C=O) groups is 1. The van der Waals surface area contributed by atoms with Crippen molar-refractivity contribution in [2.75, 3.05) is 19.8 Å². The first-order valence-electron chi connectivity index (χ1n) is 6.63. The summed E-state index contributed by atoms with van der Waals surface area (Å²) in [7, 11) is 0. The van der Waals surface area contributed by atoms with E-state index in [4.69, 9.17) is 9.47 Å². The topological polar surface area (TPSA) is 67.8 Å². The van der Waals surface area contributed by atoms with Crippen molar-refractivity contribution in [2.45, 2.75) is 6.10 Å². The Morgan fingerprint density at radius 1 is 1.29 bits per heavy atom. The van der Waals surface area contributed by atoms with Crippen molar-refractivity contribution in [2.24, 2.45) is 0 Å². The van der Waals surface area contributed by atoms with E-state index in [1.54, 1.807) is 24.3 Å². The highest BCUT2D eigenvalue weighted by molar-refractivity contribution is 7.12. The Labute approximate surface area is 126 Å². The highest BCUT2D eigenvalue weighted by atomic mass is 32.1. The van der Waals surface area contributed by atoms with Gasteiger partial charge in [-0.2, -0.15) is 0 Å². The third kappa shape index (κ3) is 3.17. The molecule has 6 heteroatoms. The molecule has 1 atom stereocenters. The number of thiophene rings is 1. The van der Waals surface area contributed by atoms with Crippen LogP contribution in [0.25, 0.3) is 0 Å². The molecular weight excluding hydrogens is 290 g/mol. The second-order valence-electron chi connectivity index (χ2n) is 4.61. The van der Waals surface area contributed by atoms with E-state index in [1.165, 1.54) is 11.3 Å². The van der Waals surface area contributed by atoms with Crippen LogP contribution in [0.1, 0.15) is 21.3 Å². The maximum Gasteiger partial charge on any atom is 0.261 e. The lowest BCUT2D eigenvalue weighted by molar-refractivity contribution is 0.0920. The lowest BCUT2D eigenvalue weighted by atomic mass is 10.1. The number of rotatable bonds is 4. The number of aliphatic hydroxyl groups excluding tert-OH is 1. The molecule has 0 radical (unpaired) electrons. The van der Waals surface area contributed by atoms with Crippen LogP contribution < -0.4 is 14.8 Å². The van der Waals surface area contributed by atoms with Crippen LogP contribution >= 0.6 is 11.3 Å². The number of amides is 1. The number of fused-ring (bicyclic) bond motifs is 1. The van der Waals surface area contributed by atoms with E-state index in [1.807, 2.05) is 11.4 Å². The van der Waals surface area contributed by atoms with Crippen LogP contribution in [0, 0.1) is 0 Å². The summed E-state index contributed by atoms with van der Waals surface area (Å²) in [6, 6.07) is 8.85. The summed E-state index contributed by atoms with van der Waals surface area (Å²) in [5, 5.41) is 14.7. The number of nitrogens with one attached hydrogen (secondary N) is 1. The molecule has 0 unspecified atom stereocenters. The average Bonchev–Trinajstić information content (AvgIpc) is 3.06. The van der Waals surface area contributed by atoms with Gasteiger partial charge in [0.1, 0.15) is 13.2 Å². The van der Waals surface area contributed by atoms with E-state index in [9.17, 15) is 9.90 Å². The van der Waals surface area contributed by atoms with Crippen molar-refractivity contribution in [1.82, 2.24) is 5.32 Å². The Morgan fingerprint density at radius 3 is 2.86 bits per heavy atom.